The van der Waals surface area contributed by atoms with Gasteiger partial charge in [-0.3, -0.25) is 0 Å². The van der Waals surface area contributed by atoms with Crippen molar-refractivity contribution >= 4 is 43.6 Å². The summed E-state index contributed by atoms with van der Waals surface area (Å²) in [5, 5.41) is -2.04. The second kappa shape index (κ2) is 8.22. The summed E-state index contributed by atoms with van der Waals surface area (Å²) in [6.07, 6.45) is 0. The average molecular weight is 509 g/mol. The Kier molecular flexibility index (Phi) is 1.78. The molecule has 0 fully saturated rings. The zero-order valence-corrected chi connectivity index (χ0v) is 18.9. The Morgan fingerprint density at radius 1 is 0.395 bits per heavy atom. The second-order valence-electron chi connectivity index (χ2n) is 8.01. The van der Waals surface area contributed by atoms with E-state index >= 15 is 0 Å². The number of hydrogen-bond acceptors (Lipinski definition) is 0. The molecule has 8 aromatic rings. The second-order valence-corrected chi connectivity index (χ2v) is 8.01. The third-order valence-corrected chi connectivity index (χ3v) is 6.04. The van der Waals surface area contributed by atoms with Gasteiger partial charge in [0.2, 0.25) is 0 Å². The number of fused-ring (bicyclic) bond motifs is 6. The maximum absolute atomic E-state index is 9.78. The van der Waals surface area contributed by atoms with Gasteiger partial charge < -0.3 is 9.13 Å². The van der Waals surface area contributed by atoms with Gasteiger partial charge in [-0.2, -0.15) is 0 Å². The quantitative estimate of drug-likeness (QED) is 0.225. The molecule has 0 bridgehead atoms. The fourth-order valence-electron chi connectivity index (χ4n) is 4.51. The molecule has 0 aliphatic heterocycles. The molecule has 2 aromatic heterocycles. The molecule has 0 spiro atoms. The highest BCUT2D eigenvalue weighted by Gasteiger charge is 2.17. The maximum Gasteiger partial charge on any atom is 0.0652 e. The molecular weight excluding hydrogens is 460 g/mol. The van der Waals surface area contributed by atoms with Gasteiger partial charge in [0.1, 0.15) is 0 Å². The van der Waals surface area contributed by atoms with Crippen LogP contribution in [0.3, 0.4) is 0 Å². The van der Waals surface area contributed by atoms with Gasteiger partial charge in [0.05, 0.1) is 60.7 Å². The summed E-state index contributed by atoms with van der Waals surface area (Å²) in [6.45, 7) is 0. The van der Waals surface area contributed by atoms with Crippen molar-refractivity contribution in [2.24, 2.45) is 0 Å². The Bertz CT molecular complexity index is 3350. The van der Waals surface area contributed by atoms with Gasteiger partial charge in [-0.05, 0) is 47.9 Å². The van der Waals surface area contributed by atoms with Crippen LogP contribution in [0.2, 0.25) is 0 Å². The van der Waals surface area contributed by atoms with Crippen molar-refractivity contribution in [2.75, 3.05) is 0 Å². The van der Waals surface area contributed by atoms with Crippen molar-refractivity contribution in [3.63, 3.8) is 0 Å². The lowest BCUT2D eigenvalue weighted by Gasteiger charge is -2.14. The van der Waals surface area contributed by atoms with E-state index in [0.717, 1.165) is 9.13 Å². The fraction of sp³-hybridized carbons (Fsp3) is 0. The van der Waals surface area contributed by atoms with Crippen molar-refractivity contribution in [2.45, 2.75) is 0 Å². The van der Waals surface area contributed by atoms with Crippen LogP contribution in [0.4, 0.5) is 0 Å². The molecule has 38 heavy (non-hydrogen) atoms. The fourth-order valence-corrected chi connectivity index (χ4v) is 4.51. The smallest absolute Gasteiger partial charge is 0.0652 e. The minimum Gasteiger partial charge on any atom is -0.309 e. The van der Waals surface area contributed by atoms with Crippen molar-refractivity contribution < 1.29 is 32.9 Å². The zero-order valence-electron chi connectivity index (χ0n) is 42.9. The van der Waals surface area contributed by atoms with E-state index in [1.165, 1.54) is 0 Å². The molecule has 178 valence electrons. The number of benzene rings is 6. The Balaban J connectivity index is 1.72. The first-order valence-corrected chi connectivity index (χ1v) is 11.1. The summed E-state index contributed by atoms with van der Waals surface area (Å²) in [6, 6.07) is -21.2. The molecule has 0 atom stereocenters. The first-order valence-electron chi connectivity index (χ1n) is 23.1. The highest BCUT2D eigenvalue weighted by atomic mass is 15.0. The molecule has 6 aromatic carbocycles. The predicted molar refractivity (Wildman–Crippen MR) is 161 cm³/mol. The normalized spacial score (nSPS) is 20.5. The molecule has 0 aliphatic rings. The van der Waals surface area contributed by atoms with Crippen LogP contribution in [0.5, 0.6) is 0 Å². The highest BCUT2D eigenvalue weighted by Crippen LogP contribution is 2.38. The predicted octanol–water partition coefficient (Wildman–Crippen LogP) is 9.55. The third kappa shape index (κ3) is 3.01. The number of aromatic nitrogens is 2. The summed E-state index contributed by atoms with van der Waals surface area (Å²) in [5.41, 5.74) is -5.46. The molecule has 2 nitrogen and oxygen atoms in total. The van der Waals surface area contributed by atoms with Crippen LogP contribution < -0.4 is 0 Å². The van der Waals surface area contributed by atoms with E-state index < -0.39 is 211 Å². The van der Waals surface area contributed by atoms with Crippen LogP contribution in [0, 0.1) is 0 Å². The van der Waals surface area contributed by atoms with Gasteiger partial charge in [-0.15, -0.1) is 0 Å². The highest BCUT2D eigenvalue weighted by molar-refractivity contribution is 6.12. The lowest BCUT2D eigenvalue weighted by Crippen LogP contribution is -1.97. The standard InChI is InChI=1S/C36H24N2/c1-2-12-25(13-3-1)27-14-4-8-18-32(27)38-35-21-11-7-17-30(35)31-24-26(22-23-36(31)38)37-33-19-9-5-15-28(33)29-16-6-10-20-34(29)37/h1-24H/i1D,2D,3D,4D,5D,6D,7D,8D,9D,10D,11D,12D,13D,14D,15D,16D,17D,18D,19D,20D,21D,22D,23D,24D. The van der Waals surface area contributed by atoms with Gasteiger partial charge in [0.15, 0.2) is 0 Å². The Morgan fingerprint density at radius 2 is 0.895 bits per heavy atom. The number of para-hydroxylation sites is 4. The minimum absolute atomic E-state index is 0.434. The molecule has 8 rings (SSSR count). The topological polar surface area (TPSA) is 9.86 Å². The van der Waals surface area contributed by atoms with Gasteiger partial charge in [0, 0.05) is 32.8 Å². The lowest BCUT2D eigenvalue weighted by molar-refractivity contribution is 1.17. The van der Waals surface area contributed by atoms with Crippen molar-refractivity contribution in [1.29, 1.82) is 0 Å². The van der Waals surface area contributed by atoms with Crippen LogP contribution in [-0.2, 0) is 0 Å². The molecule has 0 aliphatic carbocycles. The Hall–Kier alpha value is -5.08. The number of hydrogen-bond donors (Lipinski definition) is 0. The molecule has 0 saturated carbocycles. The zero-order chi connectivity index (χ0) is 45.9. The molecule has 2 heteroatoms. The van der Waals surface area contributed by atoms with E-state index in [0.29, 0.717) is 0 Å². The van der Waals surface area contributed by atoms with Gasteiger partial charge in [-0.25, -0.2) is 0 Å². The summed E-state index contributed by atoms with van der Waals surface area (Å²) < 4.78 is 213. The maximum atomic E-state index is 9.78. The van der Waals surface area contributed by atoms with Gasteiger partial charge >= 0.3 is 0 Å². The minimum atomic E-state index is -0.995. The summed E-state index contributed by atoms with van der Waals surface area (Å²) >= 11 is 0. The molecule has 0 amide bonds. The molecule has 0 radical (unpaired) electrons. The lowest BCUT2D eigenvalue weighted by atomic mass is 10.0. The largest absolute Gasteiger partial charge is 0.309 e. The Labute approximate surface area is 254 Å². The third-order valence-electron chi connectivity index (χ3n) is 6.04. The molecule has 0 unspecified atom stereocenters. The van der Waals surface area contributed by atoms with Crippen molar-refractivity contribution in [3.8, 4) is 22.5 Å². The van der Waals surface area contributed by atoms with Crippen LogP contribution in [-0.4, -0.2) is 9.13 Å². The molecule has 2 heterocycles. The molecular formula is C36H24N2. The van der Waals surface area contributed by atoms with Crippen molar-refractivity contribution in [3.05, 3.63) is 145 Å². The molecule has 0 N–H and O–H groups in total. The van der Waals surface area contributed by atoms with E-state index in [1.807, 2.05) is 0 Å². The van der Waals surface area contributed by atoms with E-state index in [1.54, 1.807) is 0 Å². The SMILES string of the molecule is [2H]c1c([2H])c([2H])c(-c2c([2H])c([2H])c([2H])c([2H])c2-n2c3c([2H])c([2H])c([2H])c([2H])c3c3c([2H])c(-n4c5c([2H])c([2H])c([2H])c([2H])c5c5c([2H])c([2H])c([2H])c([2H])c54)c([2H])c([2H])c32)c([2H])c1[2H]. The van der Waals surface area contributed by atoms with Crippen molar-refractivity contribution in [1.82, 2.24) is 9.13 Å². The van der Waals surface area contributed by atoms with Crippen LogP contribution >= 0.6 is 0 Å². The van der Waals surface area contributed by atoms with E-state index in [-0.39, 0.29) is 0 Å². The number of nitrogens with zero attached hydrogens (tertiary/aromatic N) is 2. The average Bonchev–Trinajstić information content (AvgIpc) is 3.78. The van der Waals surface area contributed by atoms with E-state index in [4.69, 9.17) is 27.4 Å². The summed E-state index contributed by atoms with van der Waals surface area (Å²) in [7, 11) is 0. The summed E-state index contributed by atoms with van der Waals surface area (Å²) in [5.74, 6) is 0. The Morgan fingerprint density at radius 3 is 1.58 bits per heavy atom. The first kappa shape index (κ1) is 8.21. The van der Waals surface area contributed by atoms with Gasteiger partial charge in [-0.1, -0.05) is 103 Å². The number of rotatable bonds is 3. The van der Waals surface area contributed by atoms with Crippen LogP contribution in [0.25, 0.3) is 66.1 Å². The molecule has 0 saturated heterocycles. The van der Waals surface area contributed by atoms with Crippen LogP contribution in [0.15, 0.2) is 145 Å². The van der Waals surface area contributed by atoms with Gasteiger partial charge in [0.25, 0.3) is 0 Å². The van der Waals surface area contributed by atoms with E-state index in [9.17, 15) is 5.48 Å². The first-order chi connectivity index (χ1) is 28.9. The van der Waals surface area contributed by atoms with Crippen LogP contribution in [0.1, 0.15) is 32.9 Å². The van der Waals surface area contributed by atoms with E-state index in [2.05, 4.69) is 0 Å². The summed E-state index contributed by atoms with van der Waals surface area (Å²) in [4.78, 5) is 0. The monoisotopic (exact) mass is 508 g/mol.